The highest BCUT2D eigenvalue weighted by atomic mass is 19.2. The molecule has 156 valence electrons. The van der Waals surface area contributed by atoms with E-state index >= 15 is 0 Å². The number of carbonyl (C=O) groups excluding carboxylic acids is 1. The van der Waals surface area contributed by atoms with Crippen molar-refractivity contribution < 1.29 is 31.8 Å². The molecule has 1 saturated carbocycles. The van der Waals surface area contributed by atoms with Crippen molar-refractivity contribution in [2.75, 3.05) is 13.3 Å². The van der Waals surface area contributed by atoms with E-state index < -0.39 is 35.9 Å². The molecule has 0 atom stereocenters. The summed E-state index contributed by atoms with van der Waals surface area (Å²) in [5.41, 5.74) is 0. The van der Waals surface area contributed by atoms with Crippen molar-refractivity contribution in [1.82, 2.24) is 0 Å². The molecule has 1 aromatic carbocycles. The summed E-state index contributed by atoms with van der Waals surface area (Å²) in [4.78, 5) is 12.3. The Labute approximate surface area is 162 Å². The molecule has 0 N–H and O–H groups in total. The molecule has 0 aliphatic heterocycles. The van der Waals surface area contributed by atoms with Crippen LogP contribution >= 0.6 is 0 Å². The number of carbonyl (C=O) groups is 1. The molecule has 0 radical (unpaired) electrons. The summed E-state index contributed by atoms with van der Waals surface area (Å²) in [7, 11) is 0. The van der Waals surface area contributed by atoms with Crippen molar-refractivity contribution in [1.29, 1.82) is 0 Å². The fraction of sp³-hybridized carbons (Fsp3) is 0.571. The molecule has 1 aliphatic carbocycles. The van der Waals surface area contributed by atoms with Crippen LogP contribution in [0, 0.1) is 23.5 Å². The first-order chi connectivity index (χ1) is 13.5. The van der Waals surface area contributed by atoms with E-state index in [-0.39, 0.29) is 36.9 Å². The van der Waals surface area contributed by atoms with Gasteiger partial charge in [-0.05, 0) is 62.7 Å². The molecule has 0 bridgehead atoms. The maximum Gasteiger partial charge on any atom is 0.314 e. The molecule has 7 heteroatoms. The summed E-state index contributed by atoms with van der Waals surface area (Å²) in [6.45, 7) is 1.54. The van der Waals surface area contributed by atoms with Crippen molar-refractivity contribution in [2.45, 2.75) is 51.9 Å². The molecule has 0 heterocycles. The predicted molar refractivity (Wildman–Crippen MR) is 97.6 cm³/mol. The number of esters is 1. The highest BCUT2D eigenvalue weighted by Gasteiger charge is 2.28. The molecule has 1 aliphatic rings. The van der Waals surface area contributed by atoms with Crippen molar-refractivity contribution in [2.24, 2.45) is 11.8 Å². The lowest BCUT2D eigenvalue weighted by molar-refractivity contribution is -0.140. The van der Waals surface area contributed by atoms with Crippen LogP contribution in [0.1, 0.15) is 51.9 Å². The standard InChI is InChI=1S/C21H26F4O3/c1-2-12-27-17-9-10-18(20(25)19(17)24)28-21(26)15-7-5-14(6-8-15)13-16(23)4-3-11-22/h9-10,13-15H,2-8,11-12H2,1H3/b16-13-. The van der Waals surface area contributed by atoms with Gasteiger partial charge in [-0.2, -0.15) is 8.78 Å². The molecule has 0 aromatic heterocycles. The van der Waals surface area contributed by atoms with Gasteiger partial charge in [-0.15, -0.1) is 0 Å². The molecule has 2 rings (SSSR count). The fourth-order valence-electron chi connectivity index (χ4n) is 3.20. The lowest BCUT2D eigenvalue weighted by Crippen LogP contribution is -2.25. The second kappa shape index (κ2) is 11.1. The van der Waals surface area contributed by atoms with Gasteiger partial charge in [0.25, 0.3) is 0 Å². The third-order valence-corrected chi connectivity index (χ3v) is 4.75. The zero-order valence-electron chi connectivity index (χ0n) is 16.0. The van der Waals surface area contributed by atoms with Gasteiger partial charge in [0, 0.05) is 6.42 Å². The van der Waals surface area contributed by atoms with Crippen LogP contribution in [0.25, 0.3) is 0 Å². The summed E-state index contributed by atoms with van der Waals surface area (Å²) in [5.74, 6) is -4.53. The number of allylic oxidation sites excluding steroid dienone is 2. The Kier molecular flexibility index (Phi) is 8.80. The Balaban J connectivity index is 1.90. The largest absolute Gasteiger partial charge is 0.490 e. The first-order valence-corrected chi connectivity index (χ1v) is 9.70. The van der Waals surface area contributed by atoms with Crippen LogP contribution in [0.3, 0.4) is 0 Å². The van der Waals surface area contributed by atoms with Gasteiger partial charge in [-0.3, -0.25) is 9.18 Å². The Morgan fingerprint density at radius 1 is 1.14 bits per heavy atom. The van der Waals surface area contributed by atoms with Crippen LogP contribution < -0.4 is 9.47 Å². The average Bonchev–Trinajstić information content (AvgIpc) is 2.70. The van der Waals surface area contributed by atoms with E-state index in [0.717, 1.165) is 0 Å². The van der Waals surface area contributed by atoms with Crippen LogP contribution in [0.2, 0.25) is 0 Å². The van der Waals surface area contributed by atoms with E-state index in [9.17, 15) is 22.4 Å². The molecular weight excluding hydrogens is 376 g/mol. The van der Waals surface area contributed by atoms with Crippen molar-refractivity contribution in [3.05, 3.63) is 35.7 Å². The average molecular weight is 402 g/mol. The molecule has 1 fully saturated rings. The molecule has 28 heavy (non-hydrogen) atoms. The van der Waals surface area contributed by atoms with Crippen LogP contribution in [0.4, 0.5) is 17.6 Å². The number of benzene rings is 1. The van der Waals surface area contributed by atoms with Gasteiger partial charge in [-0.1, -0.05) is 6.92 Å². The zero-order chi connectivity index (χ0) is 20.5. The number of ether oxygens (including phenoxy) is 2. The van der Waals surface area contributed by atoms with Gasteiger partial charge in [0.05, 0.1) is 25.0 Å². The quantitative estimate of drug-likeness (QED) is 0.286. The zero-order valence-corrected chi connectivity index (χ0v) is 16.0. The van der Waals surface area contributed by atoms with Gasteiger partial charge in [-0.25, -0.2) is 4.39 Å². The van der Waals surface area contributed by atoms with Crippen molar-refractivity contribution in [3.8, 4) is 11.5 Å². The number of alkyl halides is 1. The van der Waals surface area contributed by atoms with Crippen LogP contribution in [-0.2, 0) is 4.79 Å². The minimum absolute atomic E-state index is 0.00663. The maximum absolute atomic E-state index is 14.1. The van der Waals surface area contributed by atoms with Gasteiger partial charge < -0.3 is 9.47 Å². The normalized spacial score (nSPS) is 20.1. The lowest BCUT2D eigenvalue weighted by atomic mass is 9.81. The van der Waals surface area contributed by atoms with Gasteiger partial charge in [0.2, 0.25) is 11.6 Å². The number of rotatable bonds is 9. The molecule has 0 saturated heterocycles. The molecular formula is C21H26F4O3. The molecule has 0 spiro atoms. The SMILES string of the molecule is CCCOc1ccc(OC(=O)C2CCC(/C=C(\F)CCCF)CC2)c(F)c1F. The molecule has 0 unspecified atom stereocenters. The van der Waals surface area contributed by atoms with E-state index in [2.05, 4.69) is 0 Å². The second-order valence-electron chi connectivity index (χ2n) is 6.98. The molecule has 0 amide bonds. The summed E-state index contributed by atoms with van der Waals surface area (Å²) >= 11 is 0. The van der Waals surface area contributed by atoms with Crippen LogP contribution in [0.15, 0.2) is 24.0 Å². The summed E-state index contributed by atoms with van der Waals surface area (Å²) in [5, 5.41) is 0. The van der Waals surface area contributed by atoms with Crippen LogP contribution in [0.5, 0.6) is 11.5 Å². The first kappa shape index (κ1) is 22.2. The maximum atomic E-state index is 14.1. The van der Waals surface area contributed by atoms with E-state index in [1.54, 1.807) is 0 Å². The Bertz CT molecular complexity index is 682. The summed E-state index contributed by atoms with van der Waals surface area (Å²) in [6.07, 6.45) is 4.51. The Hall–Kier alpha value is -2.05. The minimum Gasteiger partial charge on any atom is -0.490 e. The number of hydrogen-bond donors (Lipinski definition) is 0. The van der Waals surface area contributed by atoms with Crippen molar-refractivity contribution >= 4 is 5.97 Å². The fourth-order valence-corrected chi connectivity index (χ4v) is 3.20. The topological polar surface area (TPSA) is 35.5 Å². The second-order valence-corrected chi connectivity index (χ2v) is 6.98. The van der Waals surface area contributed by atoms with Gasteiger partial charge >= 0.3 is 5.97 Å². The van der Waals surface area contributed by atoms with E-state index in [1.807, 2.05) is 6.92 Å². The summed E-state index contributed by atoms with van der Waals surface area (Å²) < 4.78 is 64.0. The van der Waals surface area contributed by atoms with E-state index in [0.29, 0.717) is 32.1 Å². The third kappa shape index (κ3) is 6.24. The smallest absolute Gasteiger partial charge is 0.314 e. The number of hydrogen-bond acceptors (Lipinski definition) is 3. The van der Waals surface area contributed by atoms with Crippen molar-refractivity contribution in [3.63, 3.8) is 0 Å². The van der Waals surface area contributed by atoms with Gasteiger partial charge in [0.1, 0.15) is 0 Å². The van der Waals surface area contributed by atoms with Crippen LogP contribution in [-0.4, -0.2) is 19.3 Å². The van der Waals surface area contributed by atoms with E-state index in [1.165, 1.54) is 18.2 Å². The highest BCUT2D eigenvalue weighted by molar-refractivity contribution is 5.75. The molecule has 3 nitrogen and oxygen atoms in total. The third-order valence-electron chi connectivity index (χ3n) is 4.75. The highest BCUT2D eigenvalue weighted by Crippen LogP contribution is 2.33. The van der Waals surface area contributed by atoms with Gasteiger partial charge in [0.15, 0.2) is 11.5 Å². The first-order valence-electron chi connectivity index (χ1n) is 9.70. The lowest BCUT2D eigenvalue weighted by Gasteiger charge is -2.25. The molecule has 1 aromatic rings. The Morgan fingerprint density at radius 2 is 1.79 bits per heavy atom. The minimum atomic E-state index is -1.26. The number of halogens is 4. The summed E-state index contributed by atoms with van der Waals surface area (Å²) in [6, 6.07) is 2.41. The van der Waals surface area contributed by atoms with E-state index in [4.69, 9.17) is 9.47 Å². The Morgan fingerprint density at radius 3 is 2.43 bits per heavy atom. The monoisotopic (exact) mass is 402 g/mol. The predicted octanol–water partition coefficient (Wildman–Crippen LogP) is 6.07.